The van der Waals surface area contributed by atoms with Crippen molar-refractivity contribution in [2.75, 3.05) is 25.6 Å². The fourth-order valence-electron chi connectivity index (χ4n) is 2.93. The molecule has 9 nitrogen and oxygen atoms in total. The Morgan fingerprint density at radius 3 is 2.68 bits per heavy atom. The van der Waals surface area contributed by atoms with Crippen molar-refractivity contribution in [1.29, 1.82) is 0 Å². The summed E-state index contributed by atoms with van der Waals surface area (Å²) in [5, 5.41) is 12.0. The van der Waals surface area contributed by atoms with E-state index in [0.29, 0.717) is 21.8 Å². The molecule has 1 fully saturated rings. The fraction of sp³-hybridized carbons (Fsp3) is 0.182. The molecule has 0 atom stereocenters. The summed E-state index contributed by atoms with van der Waals surface area (Å²) in [4.78, 5) is 50.5. The minimum atomic E-state index is -0.644. The van der Waals surface area contributed by atoms with Crippen LogP contribution in [0.5, 0.6) is 11.5 Å². The number of phenolic OH excluding ortho intramolecular Hbond substituents is 1. The van der Waals surface area contributed by atoms with Crippen molar-refractivity contribution in [3.63, 3.8) is 0 Å². The smallest absolute Gasteiger partial charge is 0.339 e. The van der Waals surface area contributed by atoms with E-state index in [1.165, 1.54) is 37.5 Å². The van der Waals surface area contributed by atoms with Crippen molar-refractivity contribution < 1.29 is 33.8 Å². The van der Waals surface area contributed by atoms with Crippen LogP contribution in [0.2, 0.25) is 5.02 Å². The number of rotatable bonds is 7. The summed E-state index contributed by atoms with van der Waals surface area (Å²) in [6.45, 7) is 1.29. The first-order chi connectivity index (χ1) is 16.1. The molecule has 178 valence electrons. The number of hydrogen-bond acceptors (Lipinski definition) is 8. The lowest BCUT2D eigenvalue weighted by Crippen LogP contribution is -2.36. The highest BCUT2D eigenvalue weighted by molar-refractivity contribution is 9.10. The molecule has 0 radical (unpaired) electrons. The quantitative estimate of drug-likeness (QED) is 0.364. The number of phenols is 1. The number of aromatic hydroxyl groups is 1. The van der Waals surface area contributed by atoms with Crippen molar-refractivity contribution in [2.45, 2.75) is 6.92 Å². The Morgan fingerprint density at radius 1 is 1.26 bits per heavy atom. The van der Waals surface area contributed by atoms with Gasteiger partial charge in [0, 0.05) is 5.69 Å². The van der Waals surface area contributed by atoms with E-state index in [1.807, 2.05) is 0 Å². The van der Waals surface area contributed by atoms with Gasteiger partial charge in [0.05, 0.1) is 33.7 Å². The van der Waals surface area contributed by atoms with E-state index in [0.717, 1.165) is 4.90 Å². The van der Waals surface area contributed by atoms with Crippen molar-refractivity contribution in [3.8, 4) is 11.5 Å². The number of halogens is 2. The van der Waals surface area contributed by atoms with Gasteiger partial charge in [-0.05, 0) is 76.6 Å². The lowest BCUT2D eigenvalue weighted by atomic mass is 10.2. The summed E-state index contributed by atoms with van der Waals surface area (Å²) in [7, 11) is 1.38. The van der Waals surface area contributed by atoms with Gasteiger partial charge in [-0.2, -0.15) is 0 Å². The first kappa shape index (κ1) is 25.6. The maximum atomic E-state index is 12.7. The first-order valence-corrected chi connectivity index (χ1v) is 11.7. The average molecular weight is 570 g/mol. The van der Waals surface area contributed by atoms with E-state index in [1.54, 1.807) is 13.0 Å². The molecule has 12 heteroatoms. The number of ether oxygens (including phenoxy) is 2. The van der Waals surface area contributed by atoms with Crippen molar-refractivity contribution in [2.24, 2.45) is 0 Å². The number of thioether (sulfide) groups is 1. The van der Waals surface area contributed by atoms with Crippen LogP contribution >= 0.6 is 39.3 Å². The maximum absolute atomic E-state index is 12.7. The van der Waals surface area contributed by atoms with Crippen LogP contribution in [0.25, 0.3) is 6.08 Å². The summed E-state index contributed by atoms with van der Waals surface area (Å²) in [5.41, 5.74) is 0.830. The summed E-state index contributed by atoms with van der Waals surface area (Å²) in [6, 6.07) is 7.31. The Labute approximate surface area is 212 Å². The zero-order chi connectivity index (χ0) is 25.0. The van der Waals surface area contributed by atoms with E-state index < -0.39 is 29.6 Å². The molecule has 3 amide bonds. The summed E-state index contributed by atoms with van der Waals surface area (Å²) >= 11 is 9.90. The number of hydrogen-bond donors (Lipinski definition) is 2. The molecule has 3 rings (SSSR count). The normalized spacial score (nSPS) is 14.5. The topological polar surface area (TPSA) is 122 Å². The van der Waals surface area contributed by atoms with Crippen LogP contribution in [0.3, 0.4) is 0 Å². The number of nitrogens with zero attached hydrogens (tertiary/aromatic N) is 1. The summed E-state index contributed by atoms with van der Waals surface area (Å²) in [6.07, 6.45) is 1.46. The highest BCUT2D eigenvalue weighted by Gasteiger charge is 2.36. The molecule has 0 unspecified atom stereocenters. The third-order valence-electron chi connectivity index (χ3n) is 4.49. The minimum absolute atomic E-state index is 0.0749. The Morgan fingerprint density at radius 2 is 2.00 bits per heavy atom. The molecule has 1 heterocycles. The Hall–Kier alpha value is -3.02. The van der Waals surface area contributed by atoms with Gasteiger partial charge >= 0.3 is 5.97 Å². The van der Waals surface area contributed by atoms with Gasteiger partial charge < -0.3 is 19.9 Å². The van der Waals surface area contributed by atoms with Crippen LogP contribution in [-0.4, -0.2) is 53.3 Å². The van der Waals surface area contributed by atoms with E-state index in [-0.39, 0.29) is 39.3 Å². The van der Waals surface area contributed by atoms with Gasteiger partial charge in [-0.3, -0.25) is 19.3 Å². The molecule has 1 aliphatic rings. The van der Waals surface area contributed by atoms with Crippen LogP contribution in [0.15, 0.2) is 39.7 Å². The molecule has 0 bridgehead atoms. The Kier molecular flexibility index (Phi) is 8.24. The number of anilines is 1. The molecule has 2 N–H and O–H groups in total. The molecular formula is C22H18BrClN2O7S. The zero-order valence-electron chi connectivity index (χ0n) is 17.9. The van der Waals surface area contributed by atoms with Crippen LogP contribution in [-0.2, 0) is 14.3 Å². The maximum Gasteiger partial charge on any atom is 0.339 e. The van der Waals surface area contributed by atoms with Gasteiger partial charge in [-0.1, -0.05) is 11.6 Å². The molecule has 0 saturated carbocycles. The number of amides is 3. The van der Waals surface area contributed by atoms with Gasteiger partial charge in [0.2, 0.25) is 5.91 Å². The predicted molar refractivity (Wildman–Crippen MR) is 131 cm³/mol. The molecule has 2 aromatic carbocycles. The standard InChI is InChI=1S/C22H18BrClN2O7S/c1-3-33-21(30)13-9-12(4-5-15(13)24)25-18(27)10-26-20(29)17(34-22(26)31)8-11-6-14(23)19(28)16(7-11)32-2/h4-9,28H,3,10H2,1-2H3,(H,25,27)/b17-8+. The van der Waals surface area contributed by atoms with Crippen molar-refractivity contribution in [3.05, 3.63) is 55.9 Å². The highest BCUT2D eigenvalue weighted by atomic mass is 79.9. The summed E-state index contributed by atoms with van der Waals surface area (Å²) in [5.74, 6) is -1.84. The van der Waals surface area contributed by atoms with Gasteiger partial charge in [0.15, 0.2) is 11.5 Å². The fourth-order valence-corrected chi connectivity index (χ4v) is 4.43. The van der Waals surface area contributed by atoms with Gasteiger partial charge in [0.25, 0.3) is 11.1 Å². The molecule has 34 heavy (non-hydrogen) atoms. The number of benzene rings is 2. The monoisotopic (exact) mass is 568 g/mol. The van der Waals surface area contributed by atoms with Crippen LogP contribution in [0.4, 0.5) is 10.5 Å². The van der Waals surface area contributed by atoms with Crippen LogP contribution in [0.1, 0.15) is 22.8 Å². The highest BCUT2D eigenvalue weighted by Crippen LogP contribution is 2.38. The molecule has 1 saturated heterocycles. The number of nitrogens with one attached hydrogen (secondary N) is 1. The van der Waals surface area contributed by atoms with E-state index in [4.69, 9.17) is 21.1 Å². The Bertz CT molecular complexity index is 1220. The number of imide groups is 1. The largest absolute Gasteiger partial charge is 0.503 e. The number of methoxy groups -OCH3 is 1. The average Bonchev–Trinajstić information content (AvgIpc) is 3.04. The Balaban J connectivity index is 1.73. The minimum Gasteiger partial charge on any atom is -0.503 e. The SMILES string of the molecule is CCOC(=O)c1cc(NC(=O)CN2C(=O)S/C(=C/c3cc(Br)c(O)c(OC)c3)C2=O)ccc1Cl. The van der Waals surface area contributed by atoms with Crippen LogP contribution in [0, 0.1) is 0 Å². The third-order valence-corrected chi connectivity index (χ3v) is 6.33. The van der Waals surface area contributed by atoms with E-state index in [2.05, 4.69) is 21.2 Å². The molecule has 0 spiro atoms. The number of carbonyl (C=O) groups excluding carboxylic acids is 4. The number of carbonyl (C=O) groups is 4. The second kappa shape index (κ2) is 10.9. The van der Waals surface area contributed by atoms with Gasteiger partial charge in [-0.25, -0.2) is 4.79 Å². The molecule has 0 aliphatic carbocycles. The molecule has 2 aromatic rings. The van der Waals surface area contributed by atoms with Crippen molar-refractivity contribution in [1.82, 2.24) is 4.90 Å². The summed E-state index contributed by atoms with van der Waals surface area (Å²) < 4.78 is 10.4. The predicted octanol–water partition coefficient (Wildman–Crippen LogP) is 4.67. The first-order valence-electron chi connectivity index (χ1n) is 9.73. The molecule has 1 aliphatic heterocycles. The zero-order valence-corrected chi connectivity index (χ0v) is 21.0. The van der Waals surface area contributed by atoms with Gasteiger partial charge in [-0.15, -0.1) is 0 Å². The van der Waals surface area contributed by atoms with Gasteiger partial charge in [0.1, 0.15) is 6.54 Å². The number of esters is 1. The lowest BCUT2D eigenvalue weighted by Gasteiger charge is -2.13. The lowest BCUT2D eigenvalue weighted by molar-refractivity contribution is -0.127. The molecular weight excluding hydrogens is 552 g/mol. The van der Waals surface area contributed by atoms with Crippen LogP contribution < -0.4 is 10.1 Å². The molecule has 0 aromatic heterocycles. The second-order valence-corrected chi connectivity index (χ2v) is 9.04. The second-order valence-electron chi connectivity index (χ2n) is 6.78. The van der Waals surface area contributed by atoms with E-state index >= 15 is 0 Å². The van der Waals surface area contributed by atoms with E-state index in [9.17, 15) is 24.3 Å². The van der Waals surface area contributed by atoms with Crippen molar-refractivity contribution >= 4 is 74.1 Å². The third kappa shape index (κ3) is 5.72.